The smallest absolute Gasteiger partial charge is 0.412 e. The van der Waals surface area contributed by atoms with Gasteiger partial charge in [0.1, 0.15) is 11.3 Å². The second-order valence-corrected chi connectivity index (χ2v) is 10.3. The summed E-state index contributed by atoms with van der Waals surface area (Å²) in [6, 6.07) is 9.74. The Morgan fingerprint density at radius 2 is 1.87 bits per heavy atom. The third-order valence-electron chi connectivity index (χ3n) is 6.04. The first-order valence-electron chi connectivity index (χ1n) is 11.0. The first-order valence-corrected chi connectivity index (χ1v) is 11.0. The molecule has 4 unspecified atom stereocenters. The molecule has 0 radical (unpaired) electrons. The fourth-order valence-electron chi connectivity index (χ4n) is 4.84. The molecule has 1 amide bonds. The van der Waals surface area contributed by atoms with Crippen molar-refractivity contribution in [2.24, 2.45) is 11.8 Å². The first kappa shape index (κ1) is 23.3. The number of carboxylic acid groups (broad SMARTS) is 1. The van der Waals surface area contributed by atoms with Gasteiger partial charge in [-0.25, -0.2) is 4.79 Å². The van der Waals surface area contributed by atoms with Crippen LogP contribution in [0.15, 0.2) is 42.0 Å². The van der Waals surface area contributed by atoms with Crippen LogP contribution in [-0.4, -0.2) is 45.5 Å². The van der Waals surface area contributed by atoms with E-state index in [0.717, 1.165) is 11.1 Å². The van der Waals surface area contributed by atoms with E-state index in [-0.39, 0.29) is 18.1 Å². The van der Waals surface area contributed by atoms with Gasteiger partial charge in [-0.2, -0.15) is 0 Å². The van der Waals surface area contributed by atoms with Crippen molar-refractivity contribution in [1.82, 2.24) is 4.90 Å². The maximum absolute atomic E-state index is 13.2. The van der Waals surface area contributed by atoms with Crippen LogP contribution in [0.1, 0.15) is 59.9 Å². The van der Waals surface area contributed by atoms with Gasteiger partial charge in [0.05, 0.1) is 18.1 Å². The number of carboxylic acids is 1. The molecule has 1 aliphatic carbocycles. The Kier molecular flexibility index (Phi) is 6.51. The summed E-state index contributed by atoms with van der Waals surface area (Å²) in [7, 11) is 0. The maximum atomic E-state index is 13.2. The number of hydrogen-bond acceptors (Lipinski definition) is 4. The lowest BCUT2D eigenvalue weighted by molar-refractivity contribution is -0.143. The van der Waals surface area contributed by atoms with Crippen molar-refractivity contribution in [3.05, 3.63) is 47.5 Å². The second kappa shape index (κ2) is 8.65. The van der Waals surface area contributed by atoms with Crippen molar-refractivity contribution < 1.29 is 24.2 Å². The Balaban J connectivity index is 1.91. The van der Waals surface area contributed by atoms with Crippen LogP contribution in [0.4, 0.5) is 4.79 Å². The molecule has 6 heteroatoms. The van der Waals surface area contributed by atoms with E-state index in [9.17, 15) is 14.7 Å². The fraction of sp³-hybridized carbons (Fsp3) is 0.600. The Morgan fingerprint density at radius 3 is 2.45 bits per heavy atom. The van der Waals surface area contributed by atoms with Crippen molar-refractivity contribution in [3.8, 4) is 0 Å². The van der Waals surface area contributed by atoms with Crippen molar-refractivity contribution in [3.63, 3.8) is 0 Å². The molecular weight excluding hydrogens is 394 g/mol. The zero-order valence-corrected chi connectivity index (χ0v) is 19.4. The van der Waals surface area contributed by atoms with Crippen LogP contribution in [0.3, 0.4) is 0 Å². The van der Waals surface area contributed by atoms with Gasteiger partial charge in [-0.05, 0) is 72.3 Å². The summed E-state index contributed by atoms with van der Waals surface area (Å²) < 4.78 is 12.1. The maximum Gasteiger partial charge on any atom is 0.412 e. The lowest BCUT2D eigenvalue weighted by atomic mass is 9.87. The van der Waals surface area contributed by atoms with Gasteiger partial charge in [0.15, 0.2) is 0 Å². The van der Waals surface area contributed by atoms with Gasteiger partial charge in [0.2, 0.25) is 0 Å². The van der Waals surface area contributed by atoms with Gasteiger partial charge < -0.3 is 14.6 Å². The molecular formula is C25H35NO5. The molecule has 1 fully saturated rings. The SMILES string of the molecule is CC1=CC(CC2OC(C)(C)N(C(=O)OC(C)(C)C)C2Cc2ccccc2)C(C(=O)O)C1. The average molecular weight is 430 g/mol. The summed E-state index contributed by atoms with van der Waals surface area (Å²) >= 11 is 0. The molecule has 1 aromatic rings. The molecule has 1 N–H and O–H groups in total. The van der Waals surface area contributed by atoms with E-state index in [1.807, 2.05) is 71.9 Å². The number of aliphatic carboxylic acids is 1. The third-order valence-corrected chi connectivity index (χ3v) is 6.04. The van der Waals surface area contributed by atoms with Crippen LogP contribution in [0.2, 0.25) is 0 Å². The van der Waals surface area contributed by atoms with E-state index in [0.29, 0.717) is 19.3 Å². The predicted molar refractivity (Wildman–Crippen MR) is 119 cm³/mol. The van der Waals surface area contributed by atoms with E-state index in [1.165, 1.54) is 0 Å². The summed E-state index contributed by atoms with van der Waals surface area (Å²) in [6.07, 6.45) is 3.08. The van der Waals surface area contributed by atoms with E-state index >= 15 is 0 Å². The lowest BCUT2D eigenvalue weighted by Gasteiger charge is -2.35. The number of benzene rings is 1. The molecule has 2 aliphatic rings. The van der Waals surface area contributed by atoms with Crippen molar-refractivity contribution in [2.75, 3.05) is 0 Å². The minimum absolute atomic E-state index is 0.116. The minimum atomic E-state index is -0.859. The lowest BCUT2D eigenvalue weighted by Crippen LogP contribution is -2.51. The number of ether oxygens (including phenoxy) is 2. The Bertz CT molecular complexity index is 839. The topological polar surface area (TPSA) is 76.1 Å². The number of allylic oxidation sites excluding steroid dienone is 2. The van der Waals surface area contributed by atoms with Gasteiger partial charge in [-0.15, -0.1) is 0 Å². The molecule has 0 saturated carbocycles. The quantitative estimate of drug-likeness (QED) is 0.665. The van der Waals surface area contributed by atoms with Crippen molar-refractivity contribution in [2.45, 2.75) is 84.3 Å². The molecule has 170 valence electrons. The number of nitrogens with zero attached hydrogens (tertiary/aromatic N) is 1. The van der Waals surface area contributed by atoms with Gasteiger partial charge in [-0.1, -0.05) is 42.0 Å². The van der Waals surface area contributed by atoms with Crippen LogP contribution in [-0.2, 0) is 20.7 Å². The number of rotatable bonds is 5. The van der Waals surface area contributed by atoms with Crippen molar-refractivity contribution >= 4 is 12.1 Å². The molecule has 0 bridgehead atoms. The highest BCUT2D eigenvalue weighted by Gasteiger charge is 2.52. The van der Waals surface area contributed by atoms with Gasteiger partial charge in [0.25, 0.3) is 0 Å². The predicted octanol–water partition coefficient (Wildman–Crippen LogP) is 5.03. The van der Waals surface area contributed by atoms with E-state index in [1.54, 1.807) is 4.90 Å². The summed E-state index contributed by atoms with van der Waals surface area (Å²) in [5.74, 6) is -1.34. The number of carbonyl (C=O) groups is 2. The molecule has 4 atom stereocenters. The second-order valence-electron chi connectivity index (χ2n) is 10.3. The molecule has 1 aliphatic heterocycles. The minimum Gasteiger partial charge on any atom is -0.481 e. The van der Waals surface area contributed by atoms with Gasteiger partial charge >= 0.3 is 12.1 Å². The van der Waals surface area contributed by atoms with Crippen LogP contribution < -0.4 is 0 Å². The highest BCUT2D eigenvalue weighted by atomic mass is 16.6. The molecule has 31 heavy (non-hydrogen) atoms. The molecule has 1 heterocycles. The van der Waals surface area contributed by atoms with Crippen LogP contribution in [0.5, 0.6) is 0 Å². The Hall–Kier alpha value is -2.34. The molecule has 0 aromatic heterocycles. The zero-order valence-electron chi connectivity index (χ0n) is 19.4. The molecule has 1 aromatic carbocycles. The van der Waals surface area contributed by atoms with E-state index in [4.69, 9.17) is 9.47 Å². The molecule has 1 saturated heterocycles. The number of carbonyl (C=O) groups excluding carboxylic acids is 1. The number of hydrogen-bond donors (Lipinski definition) is 1. The standard InChI is InChI=1S/C25H35NO5/c1-16-12-18(19(13-16)22(27)28)15-21-20(14-17-10-8-7-9-11-17)26(25(5,6)30-21)23(29)31-24(2,3)4/h7-12,18-21H,13-15H2,1-6H3,(H,27,28). The Labute approximate surface area is 185 Å². The summed E-state index contributed by atoms with van der Waals surface area (Å²) in [5.41, 5.74) is 0.712. The monoisotopic (exact) mass is 429 g/mol. The normalized spacial score (nSPS) is 27.8. The summed E-state index contributed by atoms with van der Waals surface area (Å²) in [4.78, 5) is 26.7. The molecule has 3 rings (SSSR count). The van der Waals surface area contributed by atoms with Crippen LogP contribution in [0, 0.1) is 11.8 Å². The number of amides is 1. The first-order chi connectivity index (χ1) is 14.4. The van der Waals surface area contributed by atoms with Crippen LogP contribution >= 0.6 is 0 Å². The van der Waals surface area contributed by atoms with Crippen LogP contribution in [0.25, 0.3) is 0 Å². The largest absolute Gasteiger partial charge is 0.481 e. The Morgan fingerprint density at radius 1 is 1.23 bits per heavy atom. The highest BCUT2D eigenvalue weighted by molar-refractivity contribution is 5.72. The summed E-state index contributed by atoms with van der Waals surface area (Å²) in [6.45, 7) is 11.3. The van der Waals surface area contributed by atoms with Crippen molar-refractivity contribution in [1.29, 1.82) is 0 Å². The zero-order chi connectivity index (χ0) is 23.0. The highest BCUT2D eigenvalue weighted by Crippen LogP contribution is 2.41. The van der Waals surface area contributed by atoms with Gasteiger partial charge in [-0.3, -0.25) is 9.69 Å². The van der Waals surface area contributed by atoms with E-state index in [2.05, 4.69) is 6.08 Å². The fourth-order valence-corrected chi connectivity index (χ4v) is 4.84. The van der Waals surface area contributed by atoms with E-state index < -0.39 is 29.3 Å². The summed E-state index contributed by atoms with van der Waals surface area (Å²) in [5, 5.41) is 9.69. The van der Waals surface area contributed by atoms with Gasteiger partial charge in [0, 0.05) is 0 Å². The third kappa shape index (κ3) is 5.48. The molecule has 6 nitrogen and oxygen atoms in total. The molecule has 0 spiro atoms. The average Bonchev–Trinajstić information content (AvgIpc) is 3.11.